The topological polar surface area (TPSA) is 73.6 Å². The summed E-state index contributed by atoms with van der Waals surface area (Å²) in [4.78, 5) is 21.7. The molecule has 1 saturated heterocycles. The zero-order valence-electron chi connectivity index (χ0n) is 16.8. The Balaban J connectivity index is 1.16. The number of hydrogen-bond acceptors (Lipinski definition) is 5. The predicted octanol–water partition coefficient (Wildman–Crippen LogP) is 2.85. The summed E-state index contributed by atoms with van der Waals surface area (Å²) in [6, 6.07) is 13.8. The van der Waals surface area contributed by atoms with E-state index in [2.05, 4.69) is 31.9 Å². The summed E-state index contributed by atoms with van der Waals surface area (Å²) in [5.74, 6) is 1.73. The van der Waals surface area contributed by atoms with Crippen LogP contribution in [-0.2, 0) is 0 Å². The van der Waals surface area contributed by atoms with E-state index in [1.165, 1.54) is 5.69 Å². The third-order valence-corrected chi connectivity index (χ3v) is 5.42. The Morgan fingerprint density at radius 1 is 0.966 bits per heavy atom. The molecule has 0 atom stereocenters. The number of nitrogens with zero attached hydrogens (tertiary/aromatic N) is 2. The van der Waals surface area contributed by atoms with Crippen molar-refractivity contribution < 1.29 is 9.47 Å². The Morgan fingerprint density at radius 2 is 1.76 bits per heavy atom. The quantitative estimate of drug-likeness (QED) is 0.573. The fourth-order valence-corrected chi connectivity index (χ4v) is 3.83. The fourth-order valence-electron chi connectivity index (χ4n) is 3.83. The number of para-hydroxylation sites is 2. The molecule has 0 bridgehead atoms. The summed E-state index contributed by atoms with van der Waals surface area (Å²) in [7, 11) is 1.73. The van der Waals surface area contributed by atoms with E-state index in [1.807, 2.05) is 30.3 Å². The van der Waals surface area contributed by atoms with E-state index >= 15 is 0 Å². The van der Waals surface area contributed by atoms with Gasteiger partial charge >= 0.3 is 5.69 Å². The zero-order chi connectivity index (χ0) is 20.1. The Morgan fingerprint density at radius 3 is 2.59 bits per heavy atom. The van der Waals surface area contributed by atoms with Crippen LogP contribution in [0.3, 0.4) is 0 Å². The molecule has 3 aromatic rings. The highest BCUT2D eigenvalue weighted by Gasteiger charge is 2.19. The van der Waals surface area contributed by atoms with E-state index in [0.717, 1.165) is 68.1 Å². The van der Waals surface area contributed by atoms with Gasteiger partial charge < -0.3 is 24.3 Å². The molecule has 0 aliphatic carbocycles. The molecule has 7 heteroatoms. The first-order valence-electron chi connectivity index (χ1n) is 10.2. The molecule has 1 aliphatic heterocycles. The molecule has 1 aromatic heterocycles. The average molecular weight is 396 g/mol. The Hall–Kier alpha value is -2.93. The second-order valence-corrected chi connectivity index (χ2v) is 7.34. The van der Waals surface area contributed by atoms with Gasteiger partial charge in [0, 0.05) is 32.2 Å². The van der Waals surface area contributed by atoms with Crippen LogP contribution in [0.5, 0.6) is 11.5 Å². The van der Waals surface area contributed by atoms with Crippen molar-refractivity contribution in [3.8, 4) is 11.5 Å². The highest BCUT2D eigenvalue weighted by atomic mass is 16.5. The van der Waals surface area contributed by atoms with E-state index in [4.69, 9.17) is 9.47 Å². The van der Waals surface area contributed by atoms with Crippen molar-refractivity contribution in [1.82, 2.24) is 14.9 Å². The minimum Gasteiger partial charge on any atom is -0.495 e. The number of ether oxygens (including phenoxy) is 2. The summed E-state index contributed by atoms with van der Waals surface area (Å²) >= 11 is 0. The number of nitrogens with one attached hydrogen (secondary N) is 2. The number of methoxy groups -OCH3 is 1. The molecular formula is C22H28N4O3. The number of aromatic amines is 2. The maximum atomic E-state index is 11.3. The number of fused-ring (bicyclic) bond motifs is 1. The molecule has 7 nitrogen and oxygen atoms in total. The minimum atomic E-state index is -0.192. The van der Waals surface area contributed by atoms with Crippen LogP contribution in [0.25, 0.3) is 11.0 Å². The van der Waals surface area contributed by atoms with Crippen LogP contribution in [-0.4, -0.2) is 61.3 Å². The smallest absolute Gasteiger partial charge is 0.323 e. The molecule has 154 valence electrons. The second kappa shape index (κ2) is 9.05. The molecule has 0 spiro atoms. The number of aromatic nitrogens is 2. The predicted molar refractivity (Wildman–Crippen MR) is 115 cm³/mol. The van der Waals surface area contributed by atoms with Gasteiger partial charge in [-0.1, -0.05) is 12.1 Å². The zero-order valence-corrected chi connectivity index (χ0v) is 16.8. The van der Waals surface area contributed by atoms with Crippen LogP contribution in [0, 0.1) is 0 Å². The average Bonchev–Trinajstić information content (AvgIpc) is 3.13. The summed E-state index contributed by atoms with van der Waals surface area (Å²) < 4.78 is 11.3. The van der Waals surface area contributed by atoms with Crippen LogP contribution < -0.4 is 20.1 Å². The van der Waals surface area contributed by atoms with Crippen molar-refractivity contribution in [3.05, 3.63) is 52.9 Å². The van der Waals surface area contributed by atoms with Crippen LogP contribution in [0.15, 0.2) is 47.3 Å². The maximum Gasteiger partial charge on any atom is 0.323 e. The number of imidazole rings is 1. The summed E-state index contributed by atoms with van der Waals surface area (Å²) in [5.41, 5.74) is 2.57. The molecule has 0 amide bonds. The lowest BCUT2D eigenvalue weighted by Gasteiger charge is -2.36. The van der Waals surface area contributed by atoms with Gasteiger partial charge in [-0.05, 0) is 43.7 Å². The van der Waals surface area contributed by atoms with Crippen molar-refractivity contribution in [2.24, 2.45) is 0 Å². The SMILES string of the molecule is COc1ccccc1N1CCN(CCCCOc2ccc3[nH]c(=O)[nH]c3c2)CC1. The maximum absolute atomic E-state index is 11.3. The largest absolute Gasteiger partial charge is 0.495 e. The number of rotatable bonds is 8. The van der Waals surface area contributed by atoms with Crippen LogP contribution in [0.4, 0.5) is 5.69 Å². The lowest BCUT2D eigenvalue weighted by molar-refractivity contribution is 0.238. The summed E-state index contributed by atoms with van der Waals surface area (Å²) in [6.07, 6.45) is 2.12. The van der Waals surface area contributed by atoms with Gasteiger partial charge in [0.05, 0.1) is 30.4 Å². The second-order valence-electron chi connectivity index (χ2n) is 7.34. The summed E-state index contributed by atoms with van der Waals surface area (Å²) in [6.45, 7) is 5.94. The van der Waals surface area contributed by atoms with Gasteiger partial charge in [0.25, 0.3) is 0 Å². The highest BCUT2D eigenvalue weighted by molar-refractivity contribution is 5.75. The molecule has 0 saturated carbocycles. The minimum absolute atomic E-state index is 0.192. The number of piperazine rings is 1. The van der Waals surface area contributed by atoms with Crippen LogP contribution >= 0.6 is 0 Å². The van der Waals surface area contributed by atoms with Crippen molar-refractivity contribution in [2.45, 2.75) is 12.8 Å². The standard InChI is InChI=1S/C22H28N4O3/c1-28-21-7-3-2-6-20(21)26-13-11-25(12-14-26)10-4-5-15-29-17-8-9-18-19(16-17)24-22(27)23-18/h2-3,6-9,16H,4-5,10-15H2,1H3,(H2,23,24,27). The van der Waals surface area contributed by atoms with Crippen molar-refractivity contribution in [3.63, 3.8) is 0 Å². The lowest BCUT2D eigenvalue weighted by atomic mass is 10.2. The van der Waals surface area contributed by atoms with Gasteiger partial charge in [0.2, 0.25) is 0 Å². The van der Waals surface area contributed by atoms with Crippen LogP contribution in [0.2, 0.25) is 0 Å². The number of hydrogen-bond donors (Lipinski definition) is 2. The van der Waals surface area contributed by atoms with Crippen molar-refractivity contribution >= 4 is 16.7 Å². The molecule has 29 heavy (non-hydrogen) atoms. The monoisotopic (exact) mass is 396 g/mol. The van der Waals surface area contributed by atoms with E-state index < -0.39 is 0 Å². The number of H-pyrrole nitrogens is 2. The summed E-state index contributed by atoms with van der Waals surface area (Å²) in [5, 5.41) is 0. The van der Waals surface area contributed by atoms with Gasteiger partial charge in [0.15, 0.2) is 0 Å². The van der Waals surface area contributed by atoms with Gasteiger partial charge in [-0.2, -0.15) is 0 Å². The molecule has 2 heterocycles. The van der Waals surface area contributed by atoms with Crippen molar-refractivity contribution in [2.75, 3.05) is 51.3 Å². The number of benzene rings is 2. The van der Waals surface area contributed by atoms with E-state index in [1.54, 1.807) is 7.11 Å². The van der Waals surface area contributed by atoms with E-state index in [-0.39, 0.29) is 5.69 Å². The van der Waals surface area contributed by atoms with Gasteiger partial charge in [-0.15, -0.1) is 0 Å². The van der Waals surface area contributed by atoms with Gasteiger partial charge in [-0.3, -0.25) is 4.90 Å². The molecule has 0 unspecified atom stereocenters. The molecule has 1 aliphatic rings. The first-order valence-corrected chi connectivity index (χ1v) is 10.2. The molecule has 1 fully saturated rings. The molecule has 2 aromatic carbocycles. The first-order chi connectivity index (χ1) is 14.2. The Bertz CT molecular complexity index is 989. The van der Waals surface area contributed by atoms with Gasteiger partial charge in [0.1, 0.15) is 11.5 Å². The number of anilines is 1. The van der Waals surface area contributed by atoms with E-state index in [9.17, 15) is 4.79 Å². The molecule has 2 N–H and O–H groups in total. The molecule has 4 rings (SSSR count). The lowest BCUT2D eigenvalue weighted by Crippen LogP contribution is -2.46. The van der Waals surface area contributed by atoms with Crippen LogP contribution in [0.1, 0.15) is 12.8 Å². The molecule has 0 radical (unpaired) electrons. The Labute approximate surface area is 170 Å². The molecular weight excluding hydrogens is 368 g/mol. The van der Waals surface area contributed by atoms with Crippen molar-refractivity contribution in [1.29, 1.82) is 0 Å². The first kappa shape index (κ1) is 19.4. The van der Waals surface area contributed by atoms with Gasteiger partial charge in [-0.25, -0.2) is 4.79 Å². The third kappa shape index (κ3) is 4.74. The van der Waals surface area contributed by atoms with E-state index in [0.29, 0.717) is 6.61 Å². The number of unbranched alkanes of at least 4 members (excludes halogenated alkanes) is 1. The third-order valence-electron chi connectivity index (χ3n) is 5.42. The highest BCUT2D eigenvalue weighted by Crippen LogP contribution is 2.28. The fraction of sp³-hybridized carbons (Fsp3) is 0.409. The Kier molecular flexibility index (Phi) is 6.05. The normalized spacial score (nSPS) is 15.0.